The molecule has 2 unspecified atom stereocenters. The number of para-hydroxylation sites is 2. The molecule has 0 spiro atoms. The third-order valence-electron chi connectivity index (χ3n) is 4.46. The van der Waals surface area contributed by atoms with E-state index in [0.29, 0.717) is 22.6 Å². The Morgan fingerprint density at radius 1 is 0.680 bits per heavy atom. The average molecular weight is 332 g/mol. The summed E-state index contributed by atoms with van der Waals surface area (Å²) in [5.74, 6) is -0.213. The third-order valence-corrected chi connectivity index (χ3v) is 4.46. The Morgan fingerprint density at radius 3 is 1.48 bits per heavy atom. The highest BCUT2D eigenvalue weighted by molar-refractivity contribution is 6.04. The monoisotopic (exact) mass is 332 g/mol. The summed E-state index contributed by atoms with van der Waals surface area (Å²) in [5, 5.41) is 0. The van der Waals surface area contributed by atoms with Crippen molar-refractivity contribution in [2.45, 2.75) is 6.42 Å². The van der Waals surface area contributed by atoms with Crippen LogP contribution in [0.3, 0.4) is 0 Å². The zero-order valence-corrected chi connectivity index (χ0v) is 13.4. The van der Waals surface area contributed by atoms with Gasteiger partial charge in [0.25, 0.3) is 0 Å². The normalized spacial score (nSPS) is 20.6. The summed E-state index contributed by atoms with van der Waals surface area (Å²) in [4.78, 5) is 25.3. The molecular weight excluding hydrogens is 316 g/mol. The second kappa shape index (κ2) is 6.40. The van der Waals surface area contributed by atoms with Crippen molar-refractivity contribution in [3.63, 3.8) is 0 Å². The number of allylic oxidation sites excluding steroid dienone is 2. The van der Waals surface area contributed by atoms with E-state index in [-0.39, 0.29) is 11.8 Å². The van der Waals surface area contributed by atoms with Gasteiger partial charge in [0.2, 0.25) is 0 Å². The molecule has 0 heterocycles. The lowest BCUT2D eigenvalue weighted by molar-refractivity contribution is -0.133. The van der Waals surface area contributed by atoms with Crippen molar-refractivity contribution in [3.8, 4) is 11.5 Å². The molecule has 2 bridgehead atoms. The summed E-state index contributed by atoms with van der Waals surface area (Å²) in [7, 11) is 0. The van der Waals surface area contributed by atoms with Crippen LogP contribution >= 0.6 is 0 Å². The van der Waals surface area contributed by atoms with Gasteiger partial charge in [-0.05, 0) is 30.7 Å². The van der Waals surface area contributed by atoms with Gasteiger partial charge in [0, 0.05) is 11.8 Å². The van der Waals surface area contributed by atoms with E-state index in [2.05, 4.69) is 0 Å². The van der Waals surface area contributed by atoms with Gasteiger partial charge in [-0.3, -0.25) is 0 Å². The zero-order chi connectivity index (χ0) is 17.2. The number of esters is 2. The largest absolute Gasteiger partial charge is 0.423 e. The van der Waals surface area contributed by atoms with Crippen LogP contribution in [0.25, 0.3) is 0 Å². The van der Waals surface area contributed by atoms with E-state index in [9.17, 15) is 9.59 Å². The Morgan fingerprint density at radius 2 is 1.08 bits per heavy atom. The van der Waals surface area contributed by atoms with Gasteiger partial charge in [0.05, 0.1) is 11.1 Å². The molecule has 4 rings (SSSR count). The molecule has 0 aliphatic heterocycles. The summed E-state index contributed by atoms with van der Waals surface area (Å²) >= 11 is 0. The molecule has 2 aromatic carbocycles. The van der Waals surface area contributed by atoms with Gasteiger partial charge in [-0.1, -0.05) is 48.6 Å². The zero-order valence-electron chi connectivity index (χ0n) is 13.4. The molecule has 0 fully saturated rings. The van der Waals surface area contributed by atoms with Crippen LogP contribution in [0.2, 0.25) is 0 Å². The number of rotatable bonds is 4. The molecule has 0 amide bonds. The summed E-state index contributed by atoms with van der Waals surface area (Å²) < 4.78 is 10.9. The first kappa shape index (κ1) is 15.4. The molecular formula is C21H16O4. The third kappa shape index (κ3) is 2.98. The molecule has 0 saturated heterocycles. The predicted molar refractivity (Wildman–Crippen MR) is 91.9 cm³/mol. The summed E-state index contributed by atoms with van der Waals surface area (Å²) in [6, 6.07) is 17.7. The molecule has 2 atom stereocenters. The number of hydrogen-bond donors (Lipinski definition) is 0. The van der Waals surface area contributed by atoms with Crippen LogP contribution in [-0.4, -0.2) is 11.9 Å². The van der Waals surface area contributed by atoms with E-state index < -0.39 is 11.9 Å². The lowest BCUT2D eigenvalue weighted by Crippen LogP contribution is -2.22. The standard InChI is InChI=1S/C21H16O4/c22-20(24-16-7-3-1-4-8-16)18-14-11-12-15(13-14)19(18)21(23)25-17-9-5-2-6-10-17/h1-12,14-15H,13H2. The second-order valence-electron chi connectivity index (χ2n) is 6.07. The number of hydrogen-bond acceptors (Lipinski definition) is 4. The summed E-state index contributed by atoms with van der Waals surface area (Å²) in [6.07, 6.45) is 4.65. The highest BCUT2D eigenvalue weighted by Gasteiger charge is 2.43. The van der Waals surface area contributed by atoms with E-state index in [0.717, 1.165) is 6.42 Å². The lowest BCUT2D eigenvalue weighted by Gasteiger charge is -2.14. The topological polar surface area (TPSA) is 52.6 Å². The van der Waals surface area contributed by atoms with Crippen molar-refractivity contribution >= 4 is 11.9 Å². The van der Waals surface area contributed by atoms with Crippen molar-refractivity contribution in [2.24, 2.45) is 11.8 Å². The van der Waals surface area contributed by atoms with Crippen molar-refractivity contribution < 1.29 is 19.1 Å². The molecule has 0 N–H and O–H groups in total. The highest BCUT2D eigenvalue weighted by Crippen LogP contribution is 2.44. The molecule has 0 saturated carbocycles. The second-order valence-corrected chi connectivity index (χ2v) is 6.07. The van der Waals surface area contributed by atoms with Crippen LogP contribution in [-0.2, 0) is 9.59 Å². The van der Waals surface area contributed by atoms with Crippen LogP contribution in [0.4, 0.5) is 0 Å². The first-order valence-electron chi connectivity index (χ1n) is 8.19. The Kier molecular flexibility index (Phi) is 3.94. The van der Waals surface area contributed by atoms with Crippen molar-refractivity contribution in [2.75, 3.05) is 0 Å². The molecule has 0 radical (unpaired) electrons. The molecule has 2 aliphatic carbocycles. The number of ether oxygens (including phenoxy) is 2. The number of benzene rings is 2. The lowest BCUT2D eigenvalue weighted by atomic mass is 9.97. The van der Waals surface area contributed by atoms with Gasteiger partial charge in [0.1, 0.15) is 11.5 Å². The van der Waals surface area contributed by atoms with Gasteiger partial charge in [0.15, 0.2) is 0 Å². The minimum absolute atomic E-state index is 0.0838. The molecule has 2 aliphatic rings. The molecule has 25 heavy (non-hydrogen) atoms. The SMILES string of the molecule is O=C(Oc1ccccc1)C1=C(C(=O)Oc2ccccc2)C2C=CC1C2. The minimum atomic E-state index is -0.483. The molecule has 0 aromatic heterocycles. The molecule has 4 heteroatoms. The number of fused-ring (bicyclic) bond motifs is 2. The molecule has 124 valence electrons. The van der Waals surface area contributed by atoms with Gasteiger partial charge < -0.3 is 9.47 Å². The smallest absolute Gasteiger partial charge is 0.340 e. The molecule has 2 aromatic rings. The first-order chi connectivity index (χ1) is 12.2. The molecule has 4 nitrogen and oxygen atoms in total. The number of carbonyl (C=O) groups excluding carboxylic acids is 2. The van der Waals surface area contributed by atoms with Crippen LogP contribution in [0.1, 0.15) is 6.42 Å². The quantitative estimate of drug-likeness (QED) is 0.487. The number of carbonyl (C=O) groups is 2. The van der Waals surface area contributed by atoms with Crippen molar-refractivity contribution in [3.05, 3.63) is 84.0 Å². The summed E-state index contributed by atoms with van der Waals surface area (Å²) in [5.41, 5.74) is 0.828. The van der Waals surface area contributed by atoms with Crippen molar-refractivity contribution in [1.29, 1.82) is 0 Å². The van der Waals surface area contributed by atoms with E-state index in [4.69, 9.17) is 9.47 Å². The highest BCUT2D eigenvalue weighted by atomic mass is 16.5. The Balaban J connectivity index is 1.60. The van der Waals surface area contributed by atoms with E-state index in [1.54, 1.807) is 48.5 Å². The maximum Gasteiger partial charge on any atom is 0.340 e. The maximum absolute atomic E-state index is 12.7. The van der Waals surface area contributed by atoms with E-state index in [1.807, 2.05) is 24.3 Å². The van der Waals surface area contributed by atoms with Gasteiger partial charge in [-0.2, -0.15) is 0 Å². The first-order valence-corrected chi connectivity index (χ1v) is 8.19. The Hall–Kier alpha value is -3.14. The van der Waals surface area contributed by atoms with Gasteiger partial charge in [-0.15, -0.1) is 0 Å². The predicted octanol–water partition coefficient (Wildman–Crippen LogP) is 3.70. The van der Waals surface area contributed by atoms with Crippen LogP contribution in [0.15, 0.2) is 84.0 Å². The fourth-order valence-electron chi connectivity index (χ4n) is 3.35. The minimum Gasteiger partial charge on any atom is -0.423 e. The van der Waals surface area contributed by atoms with Crippen LogP contribution in [0, 0.1) is 11.8 Å². The average Bonchev–Trinajstić information content (AvgIpc) is 3.24. The van der Waals surface area contributed by atoms with E-state index >= 15 is 0 Å². The van der Waals surface area contributed by atoms with E-state index in [1.165, 1.54) is 0 Å². The van der Waals surface area contributed by atoms with Crippen LogP contribution < -0.4 is 9.47 Å². The van der Waals surface area contributed by atoms with Gasteiger partial charge >= 0.3 is 11.9 Å². The van der Waals surface area contributed by atoms with Crippen LogP contribution in [0.5, 0.6) is 11.5 Å². The fraction of sp³-hybridized carbons (Fsp3) is 0.143. The van der Waals surface area contributed by atoms with Crippen molar-refractivity contribution in [1.82, 2.24) is 0 Å². The van der Waals surface area contributed by atoms with Gasteiger partial charge in [-0.25, -0.2) is 9.59 Å². The maximum atomic E-state index is 12.7. The Bertz CT molecular complexity index is 794. The summed E-state index contributed by atoms with van der Waals surface area (Å²) in [6.45, 7) is 0. The fourth-order valence-corrected chi connectivity index (χ4v) is 3.35. The Labute approximate surface area is 145 Å².